The van der Waals surface area contributed by atoms with Crippen molar-refractivity contribution in [2.24, 2.45) is 0 Å². The van der Waals surface area contributed by atoms with Crippen LogP contribution in [0.5, 0.6) is 0 Å². The van der Waals surface area contributed by atoms with E-state index in [0.717, 1.165) is 35.6 Å². The van der Waals surface area contributed by atoms with Crippen molar-refractivity contribution in [1.82, 2.24) is 4.31 Å². The molecule has 0 aromatic heterocycles. The van der Waals surface area contributed by atoms with Crippen LogP contribution in [0.4, 0.5) is 0 Å². The van der Waals surface area contributed by atoms with Crippen molar-refractivity contribution in [3.8, 4) is 0 Å². The normalized spacial score (nSPS) is 15.7. The molecule has 0 amide bonds. The molecule has 1 aliphatic heterocycles. The summed E-state index contributed by atoms with van der Waals surface area (Å²) in [5.74, 6) is -0.153. The van der Waals surface area contributed by atoms with E-state index in [4.69, 9.17) is 0 Å². The highest BCUT2D eigenvalue weighted by Gasteiger charge is 2.25. The molecule has 3 aromatic carbocycles. The summed E-state index contributed by atoms with van der Waals surface area (Å²) in [5, 5.41) is 2.27. The number of sulfonamides is 1. The molecule has 0 saturated carbocycles. The fourth-order valence-electron chi connectivity index (χ4n) is 3.63. The lowest BCUT2D eigenvalue weighted by Gasteiger charge is -2.25. The van der Waals surface area contributed by atoms with E-state index >= 15 is 0 Å². The topological polar surface area (TPSA) is 54.5 Å². The lowest BCUT2D eigenvalue weighted by atomic mass is 10.1. The van der Waals surface area contributed by atoms with Crippen molar-refractivity contribution in [3.05, 3.63) is 83.9 Å². The summed E-state index contributed by atoms with van der Waals surface area (Å²) < 4.78 is 27.0. The number of carbonyl (C=O) groups excluding carboxylic acids is 1. The summed E-state index contributed by atoms with van der Waals surface area (Å²) in [6, 6.07) is 20.3. The van der Waals surface area contributed by atoms with Crippen LogP contribution in [0.3, 0.4) is 0 Å². The standard InChI is InChI=1S/C24H23NO3S/c26-24(15-9-19-8-10-20-6-2-3-7-22(20)18-19)21-11-13-23(14-12-21)29(27,28)25-16-4-1-5-17-25/h2-3,6-15,18H,1,4-5,16-17H2/b15-9+. The molecule has 29 heavy (non-hydrogen) atoms. The Hall–Kier alpha value is -2.76. The summed E-state index contributed by atoms with van der Waals surface area (Å²) in [6.45, 7) is 1.13. The largest absolute Gasteiger partial charge is 0.289 e. The maximum Gasteiger partial charge on any atom is 0.243 e. The zero-order valence-electron chi connectivity index (χ0n) is 16.1. The molecule has 1 aliphatic rings. The van der Waals surface area contributed by atoms with E-state index in [1.54, 1.807) is 18.2 Å². The summed E-state index contributed by atoms with van der Waals surface area (Å²) in [6.07, 6.45) is 6.18. The van der Waals surface area contributed by atoms with Gasteiger partial charge >= 0.3 is 0 Å². The molecule has 0 atom stereocenters. The number of piperidine rings is 1. The molecule has 4 rings (SSSR count). The smallest absolute Gasteiger partial charge is 0.243 e. The van der Waals surface area contributed by atoms with Crippen LogP contribution in [-0.4, -0.2) is 31.6 Å². The third-order valence-corrected chi connectivity index (χ3v) is 7.21. The molecule has 3 aromatic rings. The summed E-state index contributed by atoms with van der Waals surface area (Å²) in [7, 11) is -3.48. The Morgan fingerprint density at radius 3 is 2.24 bits per heavy atom. The van der Waals surface area contributed by atoms with Crippen molar-refractivity contribution in [3.63, 3.8) is 0 Å². The number of hydrogen-bond acceptors (Lipinski definition) is 3. The van der Waals surface area contributed by atoms with Gasteiger partial charge < -0.3 is 0 Å². The van der Waals surface area contributed by atoms with E-state index in [0.29, 0.717) is 18.7 Å². The van der Waals surface area contributed by atoms with Crippen LogP contribution in [0, 0.1) is 0 Å². The van der Waals surface area contributed by atoms with E-state index in [1.165, 1.54) is 22.5 Å². The van der Waals surface area contributed by atoms with E-state index in [9.17, 15) is 13.2 Å². The summed E-state index contributed by atoms with van der Waals surface area (Å²) in [4.78, 5) is 12.7. The van der Waals surface area contributed by atoms with E-state index < -0.39 is 10.0 Å². The van der Waals surface area contributed by atoms with Crippen molar-refractivity contribution in [2.75, 3.05) is 13.1 Å². The number of benzene rings is 3. The Balaban J connectivity index is 1.49. The highest BCUT2D eigenvalue weighted by molar-refractivity contribution is 7.89. The Labute approximate surface area is 171 Å². The maximum absolute atomic E-state index is 12.7. The highest BCUT2D eigenvalue weighted by atomic mass is 32.2. The van der Waals surface area contributed by atoms with Gasteiger partial charge in [0.2, 0.25) is 10.0 Å². The zero-order chi connectivity index (χ0) is 20.3. The second kappa shape index (κ2) is 8.31. The molecule has 1 heterocycles. The second-order valence-corrected chi connectivity index (χ2v) is 9.23. The minimum atomic E-state index is -3.48. The molecule has 0 spiro atoms. The van der Waals surface area contributed by atoms with Crippen LogP contribution < -0.4 is 0 Å². The number of carbonyl (C=O) groups is 1. The van der Waals surface area contributed by atoms with Gasteiger partial charge in [-0.05, 0) is 65.6 Å². The number of allylic oxidation sites excluding steroid dienone is 1. The SMILES string of the molecule is O=C(/C=C/c1ccc2ccccc2c1)c1ccc(S(=O)(=O)N2CCCCC2)cc1. The Morgan fingerprint density at radius 2 is 1.52 bits per heavy atom. The van der Waals surface area contributed by atoms with E-state index in [1.807, 2.05) is 42.5 Å². The van der Waals surface area contributed by atoms with Crippen molar-refractivity contribution >= 4 is 32.7 Å². The number of nitrogens with zero attached hydrogens (tertiary/aromatic N) is 1. The third kappa shape index (κ3) is 4.31. The minimum absolute atomic E-state index is 0.153. The quantitative estimate of drug-likeness (QED) is 0.448. The first kappa shape index (κ1) is 19.6. The van der Waals surface area contributed by atoms with E-state index in [2.05, 4.69) is 0 Å². The van der Waals surface area contributed by atoms with Crippen LogP contribution in [0.2, 0.25) is 0 Å². The highest BCUT2D eigenvalue weighted by Crippen LogP contribution is 2.21. The molecule has 1 fully saturated rings. The average molecular weight is 406 g/mol. The Bertz CT molecular complexity index is 1160. The summed E-state index contributed by atoms with van der Waals surface area (Å²) >= 11 is 0. The van der Waals surface area contributed by atoms with Gasteiger partial charge in [0.25, 0.3) is 0 Å². The monoisotopic (exact) mass is 405 g/mol. The van der Waals surface area contributed by atoms with Gasteiger partial charge in [0, 0.05) is 18.7 Å². The first-order chi connectivity index (χ1) is 14.0. The molecule has 0 radical (unpaired) electrons. The van der Waals surface area contributed by atoms with Gasteiger partial charge in [0.1, 0.15) is 0 Å². The molecule has 0 N–H and O–H groups in total. The molecule has 4 nitrogen and oxygen atoms in total. The molecule has 1 saturated heterocycles. The number of rotatable bonds is 5. The fraction of sp³-hybridized carbons (Fsp3) is 0.208. The minimum Gasteiger partial charge on any atom is -0.289 e. The van der Waals surface area contributed by atoms with Crippen LogP contribution in [-0.2, 0) is 10.0 Å². The van der Waals surface area contributed by atoms with Crippen LogP contribution in [0.15, 0.2) is 77.7 Å². The predicted octanol–water partition coefficient (Wildman–Crippen LogP) is 4.91. The van der Waals surface area contributed by atoms with Crippen molar-refractivity contribution in [2.45, 2.75) is 24.2 Å². The van der Waals surface area contributed by atoms with Crippen LogP contribution >= 0.6 is 0 Å². The number of hydrogen-bond donors (Lipinski definition) is 0. The van der Waals surface area contributed by atoms with Gasteiger partial charge in [-0.1, -0.05) is 48.9 Å². The molecule has 148 valence electrons. The first-order valence-electron chi connectivity index (χ1n) is 9.85. The Morgan fingerprint density at radius 1 is 0.828 bits per heavy atom. The van der Waals surface area contributed by atoms with Crippen molar-refractivity contribution < 1.29 is 13.2 Å². The van der Waals surface area contributed by atoms with E-state index in [-0.39, 0.29) is 10.7 Å². The van der Waals surface area contributed by atoms with Gasteiger partial charge in [-0.15, -0.1) is 0 Å². The van der Waals surface area contributed by atoms with Crippen molar-refractivity contribution in [1.29, 1.82) is 0 Å². The average Bonchev–Trinajstić information content (AvgIpc) is 2.78. The number of ketones is 1. The van der Waals surface area contributed by atoms with Gasteiger partial charge in [0.15, 0.2) is 5.78 Å². The molecule has 0 bridgehead atoms. The predicted molar refractivity (Wildman–Crippen MR) is 116 cm³/mol. The molecular formula is C24H23NO3S. The maximum atomic E-state index is 12.7. The fourth-order valence-corrected chi connectivity index (χ4v) is 5.14. The lowest BCUT2D eigenvalue weighted by molar-refractivity contribution is 0.104. The van der Waals surface area contributed by atoms with Gasteiger partial charge in [-0.25, -0.2) is 8.42 Å². The van der Waals surface area contributed by atoms with Crippen LogP contribution in [0.25, 0.3) is 16.8 Å². The third-order valence-electron chi connectivity index (χ3n) is 5.29. The summed E-state index contributed by atoms with van der Waals surface area (Å²) in [5.41, 5.74) is 1.42. The molecule has 0 aliphatic carbocycles. The molecule has 5 heteroatoms. The zero-order valence-corrected chi connectivity index (χ0v) is 16.9. The molecular weight excluding hydrogens is 382 g/mol. The van der Waals surface area contributed by atoms with Gasteiger partial charge in [-0.2, -0.15) is 4.31 Å². The Kier molecular flexibility index (Phi) is 5.60. The molecule has 0 unspecified atom stereocenters. The second-order valence-electron chi connectivity index (χ2n) is 7.29. The number of fused-ring (bicyclic) bond motifs is 1. The first-order valence-corrected chi connectivity index (χ1v) is 11.3. The van der Waals surface area contributed by atoms with Gasteiger partial charge in [-0.3, -0.25) is 4.79 Å². The van der Waals surface area contributed by atoms with Crippen LogP contribution in [0.1, 0.15) is 35.2 Å². The lowest BCUT2D eigenvalue weighted by Crippen LogP contribution is -2.35. The van der Waals surface area contributed by atoms with Gasteiger partial charge in [0.05, 0.1) is 4.90 Å².